The molecule has 20 heavy (non-hydrogen) atoms. The van der Waals surface area contributed by atoms with Gasteiger partial charge in [-0.25, -0.2) is 8.42 Å². The van der Waals surface area contributed by atoms with Crippen molar-refractivity contribution in [3.8, 4) is 0 Å². The molecule has 5 nitrogen and oxygen atoms in total. The van der Waals surface area contributed by atoms with Gasteiger partial charge in [-0.2, -0.15) is 5.10 Å². The van der Waals surface area contributed by atoms with Crippen molar-refractivity contribution in [3.63, 3.8) is 0 Å². The maximum Gasteiger partial charge on any atom is 0.178 e. The van der Waals surface area contributed by atoms with Crippen molar-refractivity contribution in [2.24, 2.45) is 7.05 Å². The van der Waals surface area contributed by atoms with Crippen molar-refractivity contribution < 1.29 is 8.42 Å². The molecule has 1 aromatic carbocycles. The molecule has 1 N–H and O–H groups in total. The maximum atomic E-state index is 11.9. The van der Waals surface area contributed by atoms with Crippen molar-refractivity contribution in [1.82, 2.24) is 9.78 Å². The van der Waals surface area contributed by atoms with E-state index in [1.165, 1.54) is 0 Å². The maximum absolute atomic E-state index is 11.9. The molecule has 0 radical (unpaired) electrons. The van der Waals surface area contributed by atoms with Crippen LogP contribution >= 0.6 is 0 Å². The first kappa shape index (κ1) is 14.6. The molecule has 0 aliphatic carbocycles. The lowest BCUT2D eigenvalue weighted by Crippen LogP contribution is -2.06. The van der Waals surface area contributed by atoms with Crippen LogP contribution in [0.15, 0.2) is 41.6 Å². The number of rotatable bonds is 6. The van der Waals surface area contributed by atoms with Gasteiger partial charge in [0.05, 0.1) is 16.8 Å². The highest BCUT2D eigenvalue weighted by Gasteiger charge is 2.12. The molecule has 0 atom stereocenters. The van der Waals surface area contributed by atoms with Crippen LogP contribution in [-0.2, 0) is 23.4 Å². The van der Waals surface area contributed by atoms with E-state index in [2.05, 4.69) is 10.4 Å². The van der Waals surface area contributed by atoms with Gasteiger partial charge in [-0.15, -0.1) is 0 Å². The smallest absolute Gasteiger partial charge is 0.178 e. The van der Waals surface area contributed by atoms with Crippen LogP contribution in [0, 0.1) is 0 Å². The summed E-state index contributed by atoms with van der Waals surface area (Å²) in [7, 11) is -1.26. The Morgan fingerprint density at radius 3 is 2.50 bits per heavy atom. The first-order chi connectivity index (χ1) is 9.51. The van der Waals surface area contributed by atoms with Gasteiger partial charge in [0.2, 0.25) is 0 Å². The summed E-state index contributed by atoms with van der Waals surface area (Å²) in [5, 5.41) is 7.33. The molecule has 108 valence electrons. The molecule has 0 aliphatic heterocycles. The Bertz CT molecular complexity index is 660. The molecule has 0 saturated heterocycles. The minimum Gasteiger partial charge on any atom is -0.381 e. The molecule has 1 aromatic heterocycles. The zero-order chi connectivity index (χ0) is 14.6. The molecule has 2 rings (SSSR count). The van der Waals surface area contributed by atoms with Gasteiger partial charge < -0.3 is 5.32 Å². The predicted octanol–water partition coefficient (Wildman–Crippen LogP) is 2.22. The van der Waals surface area contributed by atoms with E-state index in [0.717, 1.165) is 11.3 Å². The Labute approximate surface area is 119 Å². The Morgan fingerprint density at radius 1 is 1.25 bits per heavy atom. The predicted molar refractivity (Wildman–Crippen MR) is 79.3 cm³/mol. The second-order valence-corrected chi connectivity index (χ2v) is 6.83. The summed E-state index contributed by atoms with van der Waals surface area (Å²) in [6.07, 6.45) is 4.36. The molecular weight excluding hydrogens is 274 g/mol. The molecule has 0 fully saturated rings. The van der Waals surface area contributed by atoms with Crippen molar-refractivity contribution in [2.75, 3.05) is 11.1 Å². The third-order valence-corrected chi connectivity index (χ3v) is 4.88. The largest absolute Gasteiger partial charge is 0.381 e. The zero-order valence-electron chi connectivity index (χ0n) is 11.7. The number of nitrogens with zero attached hydrogens (tertiary/aromatic N) is 2. The van der Waals surface area contributed by atoms with E-state index >= 15 is 0 Å². The lowest BCUT2D eigenvalue weighted by molar-refractivity contribution is 0.595. The lowest BCUT2D eigenvalue weighted by atomic mass is 10.3. The fourth-order valence-electron chi connectivity index (χ4n) is 1.93. The molecule has 1 heterocycles. The van der Waals surface area contributed by atoms with E-state index < -0.39 is 9.84 Å². The van der Waals surface area contributed by atoms with Crippen LogP contribution in [0.25, 0.3) is 0 Å². The summed E-state index contributed by atoms with van der Waals surface area (Å²) in [4.78, 5) is 0.381. The first-order valence-corrected chi connectivity index (χ1v) is 8.20. The Hall–Kier alpha value is -1.82. The summed E-state index contributed by atoms with van der Waals surface area (Å²) in [6.45, 7) is 2.52. The number of sulfone groups is 1. The second kappa shape index (κ2) is 6.09. The third kappa shape index (κ3) is 3.60. The van der Waals surface area contributed by atoms with Crippen molar-refractivity contribution in [3.05, 3.63) is 42.2 Å². The highest BCUT2D eigenvalue weighted by atomic mass is 32.2. The van der Waals surface area contributed by atoms with Gasteiger partial charge in [0.25, 0.3) is 0 Å². The van der Waals surface area contributed by atoms with Crippen LogP contribution in [0.2, 0.25) is 0 Å². The van der Waals surface area contributed by atoms with Crippen molar-refractivity contribution in [2.45, 2.75) is 24.8 Å². The molecule has 0 amide bonds. The molecule has 0 bridgehead atoms. The number of nitrogens with one attached hydrogen (secondary N) is 1. The van der Waals surface area contributed by atoms with Crippen LogP contribution in [-0.4, -0.2) is 24.0 Å². The molecule has 2 aromatic rings. The van der Waals surface area contributed by atoms with Gasteiger partial charge in [-0.05, 0) is 30.7 Å². The van der Waals surface area contributed by atoms with Crippen LogP contribution in [0.3, 0.4) is 0 Å². The van der Waals surface area contributed by atoms with E-state index in [4.69, 9.17) is 0 Å². The molecule has 6 heteroatoms. The van der Waals surface area contributed by atoms with Gasteiger partial charge in [-0.3, -0.25) is 4.68 Å². The highest BCUT2D eigenvalue weighted by Crippen LogP contribution is 2.16. The third-order valence-electron chi connectivity index (χ3n) is 2.94. The fourth-order valence-corrected chi connectivity index (χ4v) is 3.26. The Balaban J connectivity index is 2.01. The monoisotopic (exact) mass is 293 g/mol. The van der Waals surface area contributed by atoms with Crippen LogP contribution in [0.5, 0.6) is 0 Å². The van der Waals surface area contributed by atoms with Gasteiger partial charge >= 0.3 is 0 Å². The number of benzene rings is 1. The first-order valence-electron chi connectivity index (χ1n) is 6.55. The summed E-state index contributed by atoms with van der Waals surface area (Å²) < 4.78 is 25.5. The molecule has 0 saturated carbocycles. The quantitative estimate of drug-likeness (QED) is 0.887. The average molecular weight is 293 g/mol. The van der Waals surface area contributed by atoms with E-state index in [0.29, 0.717) is 17.9 Å². The Morgan fingerprint density at radius 2 is 1.95 bits per heavy atom. The zero-order valence-corrected chi connectivity index (χ0v) is 12.5. The fraction of sp³-hybridized carbons (Fsp3) is 0.357. The molecule has 0 unspecified atom stereocenters. The van der Waals surface area contributed by atoms with E-state index in [9.17, 15) is 8.42 Å². The van der Waals surface area contributed by atoms with Crippen LogP contribution in [0.1, 0.15) is 18.9 Å². The number of anilines is 1. The van der Waals surface area contributed by atoms with Gasteiger partial charge in [-0.1, -0.05) is 6.92 Å². The molecular formula is C14H19N3O2S. The summed E-state index contributed by atoms with van der Waals surface area (Å²) in [5.41, 5.74) is 1.97. The normalized spacial score (nSPS) is 11.5. The lowest BCUT2D eigenvalue weighted by Gasteiger charge is -2.07. The SMILES string of the molecule is CCCS(=O)(=O)c1ccc(NCc2cnn(C)c2)cc1. The van der Waals surface area contributed by atoms with Gasteiger partial charge in [0, 0.05) is 31.0 Å². The van der Waals surface area contributed by atoms with Crippen LogP contribution in [0.4, 0.5) is 5.69 Å². The standard InChI is InChI=1S/C14H19N3O2S/c1-3-8-20(18,19)14-6-4-13(5-7-14)15-9-12-10-16-17(2)11-12/h4-7,10-11,15H,3,8-9H2,1-2H3. The summed E-state index contributed by atoms with van der Waals surface area (Å²) in [5.74, 6) is 0.190. The van der Waals surface area contributed by atoms with Crippen LogP contribution < -0.4 is 5.32 Å². The van der Waals surface area contributed by atoms with E-state index in [1.807, 2.05) is 20.2 Å². The summed E-state index contributed by atoms with van der Waals surface area (Å²) >= 11 is 0. The van der Waals surface area contributed by atoms with Gasteiger partial charge in [0.1, 0.15) is 0 Å². The molecule has 0 aliphatic rings. The highest BCUT2D eigenvalue weighted by molar-refractivity contribution is 7.91. The summed E-state index contributed by atoms with van der Waals surface area (Å²) in [6, 6.07) is 6.88. The molecule has 0 spiro atoms. The number of aromatic nitrogens is 2. The Kier molecular flexibility index (Phi) is 4.44. The minimum atomic E-state index is -3.13. The number of aryl methyl sites for hydroxylation is 1. The van der Waals surface area contributed by atoms with E-state index in [-0.39, 0.29) is 5.75 Å². The van der Waals surface area contributed by atoms with Crippen molar-refractivity contribution in [1.29, 1.82) is 0 Å². The number of hydrogen-bond acceptors (Lipinski definition) is 4. The van der Waals surface area contributed by atoms with Gasteiger partial charge in [0.15, 0.2) is 9.84 Å². The van der Waals surface area contributed by atoms with E-state index in [1.54, 1.807) is 35.1 Å². The number of hydrogen-bond donors (Lipinski definition) is 1. The van der Waals surface area contributed by atoms with Crippen molar-refractivity contribution >= 4 is 15.5 Å². The average Bonchev–Trinajstić information content (AvgIpc) is 2.83. The second-order valence-electron chi connectivity index (χ2n) is 4.72. The minimum absolute atomic E-state index is 0.190. The topological polar surface area (TPSA) is 64.0 Å².